The van der Waals surface area contributed by atoms with E-state index in [1.165, 1.54) is 24.4 Å². The van der Waals surface area contributed by atoms with Crippen LogP contribution in [-0.4, -0.2) is 18.4 Å². The molecule has 0 saturated heterocycles. The van der Waals surface area contributed by atoms with Gasteiger partial charge in [0.1, 0.15) is 0 Å². The number of hydrogen-bond acceptors (Lipinski definition) is 4. The third-order valence-electron chi connectivity index (χ3n) is 1.96. The number of H-pyrrole nitrogens is 1. The van der Waals surface area contributed by atoms with Crippen molar-refractivity contribution < 1.29 is 8.42 Å². The number of hydrogen-bond donors (Lipinski definition) is 2. The Labute approximate surface area is 97.4 Å². The molecule has 0 radical (unpaired) electrons. The number of aromatic nitrogens is 2. The van der Waals surface area contributed by atoms with E-state index in [9.17, 15) is 13.2 Å². The molecule has 17 heavy (non-hydrogen) atoms. The summed E-state index contributed by atoms with van der Waals surface area (Å²) in [7, 11) is -3.71. The average molecular weight is 251 g/mol. The van der Waals surface area contributed by atoms with Crippen molar-refractivity contribution in [3.05, 3.63) is 52.9 Å². The molecule has 0 aliphatic heterocycles. The fraction of sp³-hybridized carbons (Fsp3) is 0. The lowest BCUT2D eigenvalue weighted by Gasteiger charge is -2.05. The second kappa shape index (κ2) is 4.38. The van der Waals surface area contributed by atoms with Crippen LogP contribution in [0.5, 0.6) is 0 Å². The molecular formula is C10H9N3O3S. The van der Waals surface area contributed by atoms with Crippen LogP contribution in [0.15, 0.2) is 52.3 Å². The first-order chi connectivity index (χ1) is 8.08. The summed E-state index contributed by atoms with van der Waals surface area (Å²) < 4.78 is 25.9. The third-order valence-corrected chi connectivity index (χ3v) is 3.31. The first-order valence-corrected chi connectivity index (χ1v) is 6.19. The number of benzene rings is 1. The lowest BCUT2D eigenvalue weighted by Crippen LogP contribution is -2.17. The fourth-order valence-electron chi connectivity index (χ4n) is 1.21. The van der Waals surface area contributed by atoms with Gasteiger partial charge in [0.2, 0.25) is 5.95 Å². The van der Waals surface area contributed by atoms with Gasteiger partial charge in [-0.05, 0) is 12.1 Å². The minimum Gasteiger partial charge on any atom is -0.292 e. The van der Waals surface area contributed by atoms with E-state index in [0.717, 1.165) is 0 Å². The first kappa shape index (κ1) is 11.3. The van der Waals surface area contributed by atoms with Crippen molar-refractivity contribution in [2.45, 2.75) is 4.90 Å². The van der Waals surface area contributed by atoms with E-state index in [-0.39, 0.29) is 10.8 Å². The molecule has 0 aliphatic rings. The van der Waals surface area contributed by atoms with Crippen molar-refractivity contribution in [1.82, 2.24) is 9.97 Å². The van der Waals surface area contributed by atoms with Crippen LogP contribution in [0.3, 0.4) is 0 Å². The van der Waals surface area contributed by atoms with E-state index >= 15 is 0 Å². The zero-order chi connectivity index (χ0) is 12.3. The summed E-state index contributed by atoms with van der Waals surface area (Å²) in [6.07, 6.45) is 1.22. The Balaban J connectivity index is 2.33. The molecule has 0 amide bonds. The largest absolute Gasteiger partial charge is 0.292 e. The molecule has 88 valence electrons. The summed E-state index contributed by atoms with van der Waals surface area (Å²) >= 11 is 0. The van der Waals surface area contributed by atoms with E-state index in [0.29, 0.717) is 0 Å². The summed E-state index contributed by atoms with van der Waals surface area (Å²) in [4.78, 5) is 17.1. The Morgan fingerprint density at radius 1 is 1.12 bits per heavy atom. The van der Waals surface area contributed by atoms with Gasteiger partial charge in [-0.3, -0.25) is 9.78 Å². The summed E-state index contributed by atoms with van der Waals surface area (Å²) in [5.41, 5.74) is -0.425. The molecule has 1 aromatic heterocycles. The molecule has 2 aromatic rings. The smallest absolute Gasteiger partial charge is 0.264 e. The molecule has 0 unspecified atom stereocenters. The molecule has 6 nitrogen and oxygen atoms in total. The minimum atomic E-state index is -3.71. The fourth-order valence-corrected chi connectivity index (χ4v) is 2.20. The molecule has 0 bridgehead atoms. The van der Waals surface area contributed by atoms with Gasteiger partial charge >= 0.3 is 0 Å². The molecular weight excluding hydrogens is 242 g/mol. The Bertz CT molecular complexity index is 664. The summed E-state index contributed by atoms with van der Waals surface area (Å²) in [6.45, 7) is 0. The Kier molecular flexibility index (Phi) is 2.92. The molecule has 0 spiro atoms. The molecule has 1 heterocycles. The van der Waals surface area contributed by atoms with Gasteiger partial charge in [-0.1, -0.05) is 18.2 Å². The van der Waals surface area contributed by atoms with Gasteiger partial charge in [0, 0.05) is 12.3 Å². The summed E-state index contributed by atoms with van der Waals surface area (Å²) in [5, 5.41) is 0. The molecule has 1 aromatic carbocycles. The van der Waals surface area contributed by atoms with Gasteiger partial charge in [0.15, 0.2) is 0 Å². The van der Waals surface area contributed by atoms with Crippen LogP contribution in [0.2, 0.25) is 0 Å². The van der Waals surface area contributed by atoms with Gasteiger partial charge in [0.25, 0.3) is 15.6 Å². The number of nitrogens with one attached hydrogen (secondary N) is 2. The van der Waals surface area contributed by atoms with Crippen molar-refractivity contribution in [3.63, 3.8) is 0 Å². The van der Waals surface area contributed by atoms with Crippen LogP contribution in [0.1, 0.15) is 0 Å². The number of anilines is 1. The monoisotopic (exact) mass is 251 g/mol. The first-order valence-electron chi connectivity index (χ1n) is 4.71. The predicted molar refractivity (Wildman–Crippen MR) is 62.1 cm³/mol. The van der Waals surface area contributed by atoms with Crippen molar-refractivity contribution in [1.29, 1.82) is 0 Å². The van der Waals surface area contributed by atoms with E-state index < -0.39 is 15.6 Å². The Morgan fingerprint density at radius 3 is 2.47 bits per heavy atom. The van der Waals surface area contributed by atoms with Crippen LogP contribution >= 0.6 is 0 Å². The van der Waals surface area contributed by atoms with Crippen molar-refractivity contribution >= 4 is 16.0 Å². The van der Waals surface area contributed by atoms with Gasteiger partial charge in [-0.25, -0.2) is 18.1 Å². The molecule has 0 saturated carbocycles. The maximum Gasteiger partial charge on any atom is 0.264 e. The summed E-state index contributed by atoms with van der Waals surface area (Å²) in [6, 6.07) is 9.01. The average Bonchev–Trinajstić information content (AvgIpc) is 2.29. The number of sulfonamides is 1. The van der Waals surface area contributed by atoms with E-state index in [2.05, 4.69) is 14.7 Å². The lowest BCUT2D eigenvalue weighted by molar-refractivity contribution is 0.601. The standard InChI is InChI=1S/C10H9N3O3S/c14-9-6-7-11-10(12-9)13-17(15,16)8-4-2-1-3-5-8/h1-7H,(H2,11,12,13,14). The second-order valence-electron chi connectivity index (χ2n) is 3.20. The van der Waals surface area contributed by atoms with E-state index in [1.807, 2.05) is 0 Å². The Hall–Kier alpha value is -2.15. The van der Waals surface area contributed by atoms with E-state index in [1.54, 1.807) is 18.2 Å². The van der Waals surface area contributed by atoms with Gasteiger partial charge in [0.05, 0.1) is 4.90 Å². The highest BCUT2D eigenvalue weighted by molar-refractivity contribution is 7.92. The van der Waals surface area contributed by atoms with Crippen molar-refractivity contribution in [2.24, 2.45) is 0 Å². The number of aromatic amines is 1. The second-order valence-corrected chi connectivity index (χ2v) is 4.88. The highest BCUT2D eigenvalue weighted by Gasteiger charge is 2.14. The van der Waals surface area contributed by atoms with E-state index in [4.69, 9.17) is 0 Å². The van der Waals surface area contributed by atoms with Crippen LogP contribution in [0, 0.1) is 0 Å². The predicted octanol–water partition coefficient (Wildman–Crippen LogP) is 0.571. The number of rotatable bonds is 3. The molecule has 0 atom stereocenters. The SMILES string of the molecule is O=c1ccnc(NS(=O)(=O)c2ccccc2)[nH]1. The van der Waals surface area contributed by atoms with Crippen LogP contribution in [0.4, 0.5) is 5.95 Å². The molecule has 2 N–H and O–H groups in total. The maximum absolute atomic E-state index is 11.8. The quantitative estimate of drug-likeness (QED) is 0.834. The van der Waals surface area contributed by atoms with Gasteiger partial charge in [-0.15, -0.1) is 0 Å². The molecule has 0 aliphatic carbocycles. The normalized spacial score (nSPS) is 11.1. The topological polar surface area (TPSA) is 91.9 Å². The van der Waals surface area contributed by atoms with Gasteiger partial charge in [-0.2, -0.15) is 0 Å². The minimum absolute atomic E-state index is 0.103. The highest BCUT2D eigenvalue weighted by atomic mass is 32.2. The van der Waals surface area contributed by atoms with Gasteiger partial charge < -0.3 is 0 Å². The number of nitrogens with zero attached hydrogens (tertiary/aromatic N) is 1. The third kappa shape index (κ3) is 2.70. The van der Waals surface area contributed by atoms with Crippen LogP contribution in [-0.2, 0) is 10.0 Å². The maximum atomic E-state index is 11.8. The zero-order valence-electron chi connectivity index (χ0n) is 8.62. The highest BCUT2D eigenvalue weighted by Crippen LogP contribution is 2.10. The van der Waals surface area contributed by atoms with Crippen LogP contribution < -0.4 is 10.3 Å². The lowest BCUT2D eigenvalue weighted by atomic mass is 10.4. The molecule has 0 fully saturated rings. The molecule has 7 heteroatoms. The van der Waals surface area contributed by atoms with Crippen molar-refractivity contribution in [2.75, 3.05) is 4.72 Å². The molecule has 2 rings (SSSR count). The Morgan fingerprint density at radius 2 is 1.82 bits per heavy atom. The zero-order valence-corrected chi connectivity index (χ0v) is 9.44. The van der Waals surface area contributed by atoms with Crippen LogP contribution in [0.25, 0.3) is 0 Å². The van der Waals surface area contributed by atoms with Crippen molar-refractivity contribution in [3.8, 4) is 0 Å². The summed E-state index contributed by atoms with van der Waals surface area (Å²) in [5.74, 6) is -0.110.